The number of amides is 1. The van der Waals surface area contributed by atoms with Crippen molar-refractivity contribution in [1.29, 1.82) is 0 Å². The molecule has 25 heavy (non-hydrogen) atoms. The predicted octanol–water partition coefficient (Wildman–Crippen LogP) is 4.88. The number of furan rings is 1. The molecule has 0 aliphatic heterocycles. The first-order valence-electron chi connectivity index (χ1n) is 7.34. The molecule has 3 aromatic rings. The molecule has 0 fully saturated rings. The number of nitrogens with zero attached hydrogens (tertiary/aromatic N) is 1. The lowest BCUT2D eigenvalue weighted by Gasteiger charge is -2.03. The van der Waals surface area contributed by atoms with Crippen LogP contribution in [0.4, 0.5) is 0 Å². The maximum atomic E-state index is 12.2. The van der Waals surface area contributed by atoms with Crippen LogP contribution in [-0.4, -0.2) is 19.2 Å². The summed E-state index contributed by atoms with van der Waals surface area (Å²) in [5.41, 5.74) is 5.07. The highest BCUT2D eigenvalue weighted by Crippen LogP contribution is 2.28. The molecule has 1 aromatic heterocycles. The molecule has 128 valence electrons. The first-order chi connectivity index (χ1) is 12.0. The van der Waals surface area contributed by atoms with E-state index >= 15 is 0 Å². The third-order valence-electron chi connectivity index (χ3n) is 3.61. The number of hydrazone groups is 1. The number of benzene rings is 2. The van der Waals surface area contributed by atoms with Gasteiger partial charge in [0, 0.05) is 9.86 Å². The Morgan fingerprint density at radius 2 is 2.12 bits per heavy atom. The second-order valence-electron chi connectivity index (χ2n) is 5.34. The summed E-state index contributed by atoms with van der Waals surface area (Å²) < 4.78 is 12.7. The first-order valence-corrected chi connectivity index (χ1v) is 9.22. The monoisotopic (exact) mass is 512 g/mol. The number of rotatable bonds is 4. The van der Waals surface area contributed by atoms with Crippen LogP contribution in [-0.2, 0) is 0 Å². The molecule has 7 heteroatoms. The summed E-state index contributed by atoms with van der Waals surface area (Å²) in [4.78, 5) is 12.2. The Labute approximate surface area is 166 Å². The fourth-order valence-electron chi connectivity index (χ4n) is 2.32. The number of ether oxygens (including phenoxy) is 1. The zero-order valence-corrected chi connectivity index (χ0v) is 17.2. The third-order valence-corrected chi connectivity index (χ3v) is 4.87. The highest BCUT2D eigenvalue weighted by molar-refractivity contribution is 14.1. The number of fused-ring (bicyclic) bond motifs is 1. The lowest BCUT2D eigenvalue weighted by Crippen LogP contribution is -2.16. The smallest absolute Gasteiger partial charge is 0.307 e. The van der Waals surface area contributed by atoms with Gasteiger partial charge >= 0.3 is 5.91 Å². The molecule has 2 aromatic carbocycles. The molecule has 0 aliphatic carbocycles. The van der Waals surface area contributed by atoms with Crippen molar-refractivity contribution in [3.8, 4) is 5.75 Å². The van der Waals surface area contributed by atoms with E-state index in [1.165, 1.54) is 0 Å². The molecule has 3 rings (SSSR count). The van der Waals surface area contributed by atoms with Gasteiger partial charge in [-0.2, -0.15) is 5.10 Å². The SMILES string of the molecule is COc1ccc(/C=N\NC(=O)c2cc3cc(Br)cc(I)c3o2)c(C)c1. The molecule has 0 bridgehead atoms. The van der Waals surface area contributed by atoms with E-state index in [0.717, 1.165) is 30.3 Å². The van der Waals surface area contributed by atoms with Gasteiger partial charge in [0.1, 0.15) is 11.3 Å². The number of halogens is 2. The van der Waals surface area contributed by atoms with Gasteiger partial charge < -0.3 is 9.15 Å². The molecule has 0 radical (unpaired) electrons. The normalized spacial score (nSPS) is 11.2. The van der Waals surface area contributed by atoms with Gasteiger partial charge in [0.2, 0.25) is 0 Å². The molecule has 1 heterocycles. The maximum absolute atomic E-state index is 12.2. The summed E-state index contributed by atoms with van der Waals surface area (Å²) in [5, 5.41) is 4.87. The summed E-state index contributed by atoms with van der Waals surface area (Å²) in [7, 11) is 1.62. The van der Waals surface area contributed by atoms with Crippen molar-refractivity contribution >= 4 is 61.6 Å². The summed E-state index contributed by atoms with van der Waals surface area (Å²) in [5.74, 6) is 0.599. The van der Waals surface area contributed by atoms with Crippen LogP contribution in [0.2, 0.25) is 0 Å². The van der Waals surface area contributed by atoms with Crippen molar-refractivity contribution in [2.24, 2.45) is 5.10 Å². The minimum atomic E-state index is -0.398. The highest BCUT2D eigenvalue weighted by Gasteiger charge is 2.14. The quantitative estimate of drug-likeness (QED) is 0.308. The van der Waals surface area contributed by atoms with Crippen LogP contribution in [0.1, 0.15) is 21.7 Å². The Morgan fingerprint density at radius 1 is 1.32 bits per heavy atom. The topological polar surface area (TPSA) is 63.8 Å². The van der Waals surface area contributed by atoms with Crippen LogP contribution in [0.3, 0.4) is 0 Å². The number of methoxy groups -OCH3 is 1. The van der Waals surface area contributed by atoms with E-state index in [2.05, 4.69) is 49.0 Å². The molecular formula is C18H14BrIN2O3. The number of hydrogen-bond donors (Lipinski definition) is 1. The second kappa shape index (κ2) is 7.57. The van der Waals surface area contributed by atoms with E-state index in [9.17, 15) is 4.79 Å². The number of hydrogen-bond acceptors (Lipinski definition) is 4. The molecule has 0 saturated heterocycles. The van der Waals surface area contributed by atoms with E-state index in [-0.39, 0.29) is 5.76 Å². The fourth-order valence-corrected chi connectivity index (χ4v) is 3.98. The van der Waals surface area contributed by atoms with E-state index in [0.29, 0.717) is 5.58 Å². The highest BCUT2D eigenvalue weighted by atomic mass is 127. The van der Waals surface area contributed by atoms with Crippen molar-refractivity contribution in [1.82, 2.24) is 5.43 Å². The van der Waals surface area contributed by atoms with Crippen molar-refractivity contribution in [2.75, 3.05) is 7.11 Å². The summed E-state index contributed by atoms with van der Waals surface area (Å²) in [6.07, 6.45) is 1.59. The Hall–Kier alpha value is -1.87. The van der Waals surface area contributed by atoms with Gasteiger partial charge in [-0.25, -0.2) is 5.43 Å². The molecule has 0 unspecified atom stereocenters. The Bertz CT molecular complexity index is 982. The van der Waals surface area contributed by atoms with Crippen molar-refractivity contribution in [3.05, 3.63) is 61.3 Å². The van der Waals surface area contributed by atoms with Gasteiger partial charge in [0.15, 0.2) is 5.76 Å². The van der Waals surface area contributed by atoms with Crippen LogP contribution in [0.25, 0.3) is 11.0 Å². The standard InChI is InChI=1S/C18H14BrIN2O3/c1-10-5-14(24-2)4-3-11(10)9-21-22-18(23)16-7-12-6-13(19)8-15(20)17(12)25-16/h3-9H,1-2H3,(H,22,23)/b21-9-. The number of carbonyl (C=O) groups excluding carboxylic acids is 1. The largest absolute Gasteiger partial charge is 0.497 e. The number of nitrogens with one attached hydrogen (secondary N) is 1. The van der Waals surface area contributed by atoms with E-state index < -0.39 is 5.91 Å². The minimum Gasteiger partial charge on any atom is -0.497 e. The number of aryl methyl sites for hydroxylation is 1. The second-order valence-corrected chi connectivity index (χ2v) is 7.42. The molecule has 0 atom stereocenters. The van der Waals surface area contributed by atoms with Crippen LogP contribution < -0.4 is 10.2 Å². The molecular weight excluding hydrogens is 499 g/mol. The molecule has 0 spiro atoms. The maximum Gasteiger partial charge on any atom is 0.307 e. The van der Waals surface area contributed by atoms with Gasteiger partial charge in [-0.05, 0) is 77.0 Å². The van der Waals surface area contributed by atoms with E-state index in [4.69, 9.17) is 9.15 Å². The van der Waals surface area contributed by atoms with Gasteiger partial charge in [-0.15, -0.1) is 0 Å². The van der Waals surface area contributed by atoms with Gasteiger partial charge in [0.05, 0.1) is 16.9 Å². The zero-order valence-electron chi connectivity index (χ0n) is 13.5. The van der Waals surface area contributed by atoms with Crippen LogP contribution in [0, 0.1) is 10.5 Å². The fraction of sp³-hybridized carbons (Fsp3) is 0.111. The third kappa shape index (κ3) is 4.04. The molecule has 1 N–H and O–H groups in total. The van der Waals surface area contributed by atoms with Crippen LogP contribution in [0.15, 0.2) is 50.4 Å². The van der Waals surface area contributed by atoms with Crippen LogP contribution >= 0.6 is 38.5 Å². The van der Waals surface area contributed by atoms with E-state index in [1.54, 1.807) is 19.4 Å². The minimum absolute atomic E-state index is 0.217. The van der Waals surface area contributed by atoms with Gasteiger partial charge in [-0.3, -0.25) is 4.79 Å². The average molecular weight is 513 g/mol. The lowest BCUT2D eigenvalue weighted by molar-refractivity contribution is 0.0929. The molecule has 1 amide bonds. The predicted molar refractivity (Wildman–Crippen MR) is 109 cm³/mol. The van der Waals surface area contributed by atoms with Gasteiger partial charge in [-0.1, -0.05) is 15.9 Å². The molecule has 0 saturated carbocycles. The molecule has 0 aliphatic rings. The molecule has 5 nitrogen and oxygen atoms in total. The Morgan fingerprint density at radius 3 is 2.84 bits per heavy atom. The summed E-state index contributed by atoms with van der Waals surface area (Å²) >= 11 is 5.61. The summed E-state index contributed by atoms with van der Waals surface area (Å²) in [6, 6.07) is 11.2. The first kappa shape index (κ1) is 17.9. The van der Waals surface area contributed by atoms with E-state index in [1.807, 2.05) is 37.3 Å². The lowest BCUT2D eigenvalue weighted by atomic mass is 10.1. The average Bonchev–Trinajstić information content (AvgIpc) is 3.00. The van der Waals surface area contributed by atoms with Gasteiger partial charge in [0.25, 0.3) is 0 Å². The zero-order chi connectivity index (χ0) is 18.0. The summed E-state index contributed by atoms with van der Waals surface area (Å²) in [6.45, 7) is 1.95. The van der Waals surface area contributed by atoms with Crippen molar-refractivity contribution in [3.63, 3.8) is 0 Å². The van der Waals surface area contributed by atoms with Crippen molar-refractivity contribution < 1.29 is 13.9 Å². The van der Waals surface area contributed by atoms with Crippen LogP contribution in [0.5, 0.6) is 5.75 Å². The number of carbonyl (C=O) groups is 1. The van der Waals surface area contributed by atoms with Crippen molar-refractivity contribution in [2.45, 2.75) is 6.92 Å². The Kier molecular flexibility index (Phi) is 5.43. The Balaban J connectivity index is 1.75.